The fourth-order valence-corrected chi connectivity index (χ4v) is 2.90. The third-order valence-corrected chi connectivity index (χ3v) is 3.95. The molecule has 0 unspecified atom stereocenters. The van der Waals surface area contributed by atoms with Crippen LogP contribution in [0.15, 0.2) is 48.5 Å². The first kappa shape index (κ1) is 16.1. The van der Waals surface area contributed by atoms with Gasteiger partial charge in [-0.3, -0.25) is 0 Å². The number of esters is 1. The standard InChI is InChI=1S/C20H20O4/c1-20(2)12-16(14-7-5-6-8-17(14)22-3)15-11-13(19(21)23-4)9-10-18(15)24-20/h5-12H,1-4H3. The van der Waals surface area contributed by atoms with E-state index in [1.54, 1.807) is 19.2 Å². The van der Waals surface area contributed by atoms with Crippen molar-refractivity contribution in [3.05, 3.63) is 65.2 Å². The van der Waals surface area contributed by atoms with Crippen molar-refractivity contribution in [1.29, 1.82) is 0 Å². The monoisotopic (exact) mass is 324 g/mol. The summed E-state index contributed by atoms with van der Waals surface area (Å²) >= 11 is 0. The Bertz CT molecular complexity index is 818. The second-order valence-electron chi connectivity index (χ2n) is 6.17. The predicted octanol–water partition coefficient (Wildman–Crippen LogP) is 4.08. The zero-order chi connectivity index (χ0) is 17.3. The minimum atomic E-state index is -0.462. The van der Waals surface area contributed by atoms with Gasteiger partial charge in [-0.25, -0.2) is 4.79 Å². The van der Waals surface area contributed by atoms with E-state index >= 15 is 0 Å². The molecule has 0 saturated heterocycles. The number of methoxy groups -OCH3 is 2. The van der Waals surface area contributed by atoms with Gasteiger partial charge in [-0.15, -0.1) is 0 Å². The highest BCUT2D eigenvalue weighted by atomic mass is 16.5. The molecule has 4 heteroatoms. The van der Waals surface area contributed by atoms with Crippen molar-refractivity contribution in [1.82, 2.24) is 0 Å². The van der Waals surface area contributed by atoms with Crippen LogP contribution in [-0.2, 0) is 4.74 Å². The van der Waals surface area contributed by atoms with Gasteiger partial charge in [0.1, 0.15) is 17.1 Å². The molecule has 0 bridgehead atoms. The summed E-state index contributed by atoms with van der Waals surface area (Å²) in [5.74, 6) is 1.13. The smallest absolute Gasteiger partial charge is 0.337 e. The number of para-hydroxylation sites is 1. The Kier molecular flexibility index (Phi) is 4.06. The molecular formula is C20H20O4. The highest BCUT2D eigenvalue weighted by Gasteiger charge is 2.29. The average Bonchev–Trinajstić information content (AvgIpc) is 2.59. The molecule has 1 aliphatic heterocycles. The summed E-state index contributed by atoms with van der Waals surface area (Å²) < 4.78 is 16.4. The molecule has 4 nitrogen and oxygen atoms in total. The average molecular weight is 324 g/mol. The van der Waals surface area contributed by atoms with E-state index in [0.29, 0.717) is 5.56 Å². The van der Waals surface area contributed by atoms with Crippen LogP contribution in [-0.4, -0.2) is 25.8 Å². The van der Waals surface area contributed by atoms with Gasteiger partial charge in [0.15, 0.2) is 0 Å². The van der Waals surface area contributed by atoms with Gasteiger partial charge < -0.3 is 14.2 Å². The van der Waals surface area contributed by atoms with Gasteiger partial charge in [-0.2, -0.15) is 0 Å². The van der Waals surface area contributed by atoms with E-state index < -0.39 is 5.60 Å². The van der Waals surface area contributed by atoms with E-state index in [0.717, 1.165) is 28.2 Å². The predicted molar refractivity (Wildman–Crippen MR) is 92.6 cm³/mol. The number of rotatable bonds is 3. The van der Waals surface area contributed by atoms with Gasteiger partial charge >= 0.3 is 5.97 Å². The molecule has 1 aliphatic rings. The van der Waals surface area contributed by atoms with Crippen LogP contribution < -0.4 is 9.47 Å². The first-order valence-corrected chi connectivity index (χ1v) is 7.73. The van der Waals surface area contributed by atoms with Gasteiger partial charge in [0.25, 0.3) is 0 Å². The summed E-state index contributed by atoms with van der Waals surface area (Å²) in [7, 11) is 3.02. The topological polar surface area (TPSA) is 44.8 Å². The first-order chi connectivity index (χ1) is 11.4. The molecule has 3 rings (SSSR count). The molecule has 0 N–H and O–H groups in total. The summed E-state index contributed by atoms with van der Waals surface area (Å²) in [6.45, 7) is 4.00. The lowest BCUT2D eigenvalue weighted by Crippen LogP contribution is -2.29. The number of fused-ring (bicyclic) bond motifs is 1. The molecule has 0 saturated carbocycles. The quantitative estimate of drug-likeness (QED) is 0.798. The summed E-state index contributed by atoms with van der Waals surface area (Å²) in [6, 6.07) is 13.1. The Morgan fingerprint density at radius 2 is 1.79 bits per heavy atom. The Labute approximate surface area is 141 Å². The van der Waals surface area contributed by atoms with Crippen LogP contribution in [0.25, 0.3) is 5.57 Å². The molecule has 24 heavy (non-hydrogen) atoms. The number of ether oxygens (including phenoxy) is 3. The SMILES string of the molecule is COC(=O)c1ccc2c(c1)C(c1ccccc1OC)=CC(C)(C)O2. The van der Waals surface area contributed by atoms with E-state index in [1.807, 2.05) is 50.3 Å². The van der Waals surface area contributed by atoms with Crippen LogP contribution in [0.1, 0.15) is 35.3 Å². The van der Waals surface area contributed by atoms with Gasteiger partial charge in [-0.05, 0) is 49.8 Å². The molecule has 0 aromatic heterocycles. The molecule has 0 atom stereocenters. The summed E-state index contributed by atoms with van der Waals surface area (Å²) in [6.07, 6.45) is 2.05. The van der Waals surface area contributed by atoms with Gasteiger partial charge in [0, 0.05) is 11.1 Å². The molecule has 0 radical (unpaired) electrons. The van der Waals surface area contributed by atoms with Crippen molar-refractivity contribution in [2.45, 2.75) is 19.4 Å². The van der Waals surface area contributed by atoms with Gasteiger partial charge in [0.05, 0.1) is 19.8 Å². The fourth-order valence-electron chi connectivity index (χ4n) is 2.90. The summed E-state index contributed by atoms with van der Waals surface area (Å²) in [5.41, 5.74) is 2.81. The maximum atomic E-state index is 11.9. The van der Waals surface area contributed by atoms with Crippen LogP contribution >= 0.6 is 0 Å². The van der Waals surface area contributed by atoms with E-state index in [4.69, 9.17) is 14.2 Å². The maximum Gasteiger partial charge on any atom is 0.337 e. The number of carbonyl (C=O) groups is 1. The van der Waals surface area contributed by atoms with Crippen molar-refractivity contribution < 1.29 is 19.0 Å². The lowest BCUT2D eigenvalue weighted by atomic mass is 9.88. The molecule has 0 amide bonds. The summed E-state index contributed by atoms with van der Waals surface area (Å²) in [4.78, 5) is 11.9. The largest absolute Gasteiger partial charge is 0.496 e. The number of hydrogen-bond donors (Lipinski definition) is 0. The highest BCUT2D eigenvalue weighted by molar-refractivity contribution is 5.94. The Morgan fingerprint density at radius 1 is 1.04 bits per heavy atom. The van der Waals surface area contributed by atoms with E-state index in [1.165, 1.54) is 7.11 Å². The highest BCUT2D eigenvalue weighted by Crippen LogP contribution is 2.42. The van der Waals surface area contributed by atoms with Crippen LogP contribution in [0.3, 0.4) is 0 Å². The first-order valence-electron chi connectivity index (χ1n) is 7.73. The Morgan fingerprint density at radius 3 is 2.50 bits per heavy atom. The molecule has 2 aromatic rings. The molecule has 0 aliphatic carbocycles. The molecule has 124 valence electrons. The number of hydrogen-bond acceptors (Lipinski definition) is 4. The van der Waals surface area contributed by atoms with Crippen molar-refractivity contribution in [3.8, 4) is 11.5 Å². The Hall–Kier alpha value is -2.75. The zero-order valence-corrected chi connectivity index (χ0v) is 14.3. The Balaban J connectivity index is 2.21. The second kappa shape index (κ2) is 6.04. The maximum absolute atomic E-state index is 11.9. The molecular weight excluding hydrogens is 304 g/mol. The van der Waals surface area contributed by atoms with Crippen molar-refractivity contribution >= 4 is 11.5 Å². The lowest BCUT2D eigenvalue weighted by Gasteiger charge is -2.32. The normalized spacial score (nSPS) is 14.9. The van der Waals surface area contributed by atoms with Crippen LogP contribution in [0.4, 0.5) is 0 Å². The van der Waals surface area contributed by atoms with Gasteiger partial charge in [0.2, 0.25) is 0 Å². The number of carbonyl (C=O) groups excluding carboxylic acids is 1. The third-order valence-electron chi connectivity index (χ3n) is 3.95. The third kappa shape index (κ3) is 2.87. The van der Waals surface area contributed by atoms with E-state index in [-0.39, 0.29) is 5.97 Å². The van der Waals surface area contributed by atoms with E-state index in [9.17, 15) is 4.79 Å². The van der Waals surface area contributed by atoms with Crippen molar-refractivity contribution in [3.63, 3.8) is 0 Å². The molecule has 0 fully saturated rings. The summed E-state index contributed by atoms with van der Waals surface area (Å²) in [5, 5.41) is 0. The van der Waals surface area contributed by atoms with Crippen molar-refractivity contribution in [2.75, 3.05) is 14.2 Å². The van der Waals surface area contributed by atoms with Crippen LogP contribution in [0.2, 0.25) is 0 Å². The van der Waals surface area contributed by atoms with Crippen LogP contribution in [0.5, 0.6) is 11.5 Å². The van der Waals surface area contributed by atoms with Gasteiger partial charge in [-0.1, -0.05) is 18.2 Å². The number of benzene rings is 2. The molecule has 2 aromatic carbocycles. The zero-order valence-electron chi connectivity index (χ0n) is 14.3. The fraction of sp³-hybridized carbons (Fsp3) is 0.250. The minimum absolute atomic E-state index is 0.373. The van der Waals surface area contributed by atoms with Crippen LogP contribution in [0, 0.1) is 0 Å². The van der Waals surface area contributed by atoms with Crippen molar-refractivity contribution in [2.24, 2.45) is 0 Å². The second-order valence-corrected chi connectivity index (χ2v) is 6.17. The minimum Gasteiger partial charge on any atom is -0.496 e. The molecule has 1 heterocycles. The lowest BCUT2D eigenvalue weighted by molar-refractivity contribution is 0.0600. The molecule has 0 spiro atoms. The van der Waals surface area contributed by atoms with E-state index in [2.05, 4.69) is 0 Å².